The lowest BCUT2D eigenvalue weighted by atomic mass is 9.87. The first-order valence-corrected chi connectivity index (χ1v) is 7.42. The number of carbonyl (C=O) groups is 1. The van der Waals surface area contributed by atoms with E-state index in [1.54, 1.807) is 31.6 Å². The van der Waals surface area contributed by atoms with Gasteiger partial charge in [0, 0.05) is 30.2 Å². The maximum absolute atomic E-state index is 12.2. The number of hydrogen-bond acceptors (Lipinski definition) is 3. The molecule has 0 aliphatic rings. The fourth-order valence-corrected chi connectivity index (χ4v) is 2.49. The van der Waals surface area contributed by atoms with E-state index in [1.165, 1.54) is 0 Å². The van der Waals surface area contributed by atoms with Crippen molar-refractivity contribution in [2.45, 2.75) is 33.3 Å². The molecule has 2 rings (SSSR count). The summed E-state index contributed by atoms with van der Waals surface area (Å²) in [7, 11) is 0. The number of nitrogens with one attached hydrogen (secondary N) is 1. The van der Waals surface area contributed by atoms with Gasteiger partial charge in [-0.25, -0.2) is 4.98 Å². The summed E-state index contributed by atoms with van der Waals surface area (Å²) in [5, 5.41) is 12.4. The summed E-state index contributed by atoms with van der Waals surface area (Å²) in [6.45, 7) is 6.35. The molecule has 1 aromatic carbocycles. The summed E-state index contributed by atoms with van der Waals surface area (Å²) in [6, 6.07) is 7.37. The highest BCUT2D eigenvalue weighted by atomic mass is 16.3. The molecule has 2 N–H and O–H groups in total. The van der Waals surface area contributed by atoms with E-state index in [4.69, 9.17) is 0 Å². The summed E-state index contributed by atoms with van der Waals surface area (Å²) < 4.78 is 1.88. The topological polar surface area (TPSA) is 67.2 Å². The van der Waals surface area contributed by atoms with Crippen LogP contribution in [-0.2, 0) is 0 Å². The zero-order chi connectivity index (χ0) is 16.2. The molecule has 22 heavy (non-hydrogen) atoms. The number of rotatable bonds is 6. The van der Waals surface area contributed by atoms with Crippen molar-refractivity contribution in [3.05, 3.63) is 48.5 Å². The molecule has 1 amide bonds. The van der Waals surface area contributed by atoms with E-state index in [0.29, 0.717) is 18.5 Å². The minimum absolute atomic E-state index is 0.101. The smallest absolute Gasteiger partial charge is 0.251 e. The van der Waals surface area contributed by atoms with Crippen molar-refractivity contribution in [1.82, 2.24) is 14.9 Å². The largest absolute Gasteiger partial charge is 0.393 e. The molecular formula is C17H23N3O2. The highest BCUT2D eigenvalue weighted by Crippen LogP contribution is 2.21. The molecule has 0 spiro atoms. The van der Waals surface area contributed by atoms with Crippen LogP contribution >= 0.6 is 0 Å². The molecule has 5 heteroatoms. The molecule has 0 saturated carbocycles. The van der Waals surface area contributed by atoms with E-state index in [0.717, 1.165) is 5.69 Å². The number of imidazole rings is 1. The van der Waals surface area contributed by atoms with Gasteiger partial charge in [-0.05, 0) is 43.0 Å². The molecular weight excluding hydrogens is 278 g/mol. The van der Waals surface area contributed by atoms with Gasteiger partial charge in [0.05, 0.1) is 12.4 Å². The third-order valence-corrected chi connectivity index (χ3v) is 3.51. The highest BCUT2D eigenvalue weighted by Gasteiger charge is 2.21. The van der Waals surface area contributed by atoms with E-state index < -0.39 is 0 Å². The van der Waals surface area contributed by atoms with Gasteiger partial charge in [-0.3, -0.25) is 4.79 Å². The lowest BCUT2D eigenvalue weighted by Gasteiger charge is -2.26. The van der Waals surface area contributed by atoms with E-state index in [1.807, 2.05) is 36.7 Å². The number of aliphatic hydroxyl groups is 1. The van der Waals surface area contributed by atoms with Gasteiger partial charge in [-0.2, -0.15) is 0 Å². The second-order valence-corrected chi connectivity index (χ2v) is 6.42. The minimum Gasteiger partial charge on any atom is -0.393 e. The van der Waals surface area contributed by atoms with Crippen molar-refractivity contribution in [3.8, 4) is 5.69 Å². The standard InChI is InChI=1S/C17H23N3O2/c1-13(21)10-17(2,3)11-19-16(22)14-4-6-15(7-5-14)20-9-8-18-12-20/h4-9,12-13,21H,10-11H2,1-3H3,(H,19,22). The fraction of sp³-hybridized carbons (Fsp3) is 0.412. The Kier molecular flexibility index (Phi) is 4.98. The number of benzene rings is 1. The quantitative estimate of drug-likeness (QED) is 0.861. The van der Waals surface area contributed by atoms with Gasteiger partial charge in [0.25, 0.3) is 5.91 Å². The first kappa shape index (κ1) is 16.2. The second kappa shape index (κ2) is 6.75. The van der Waals surface area contributed by atoms with E-state index in [9.17, 15) is 9.90 Å². The summed E-state index contributed by atoms with van der Waals surface area (Å²) in [4.78, 5) is 16.2. The Morgan fingerprint density at radius 1 is 1.36 bits per heavy atom. The van der Waals surface area contributed by atoms with Crippen LogP contribution in [0.2, 0.25) is 0 Å². The van der Waals surface area contributed by atoms with Gasteiger partial charge < -0.3 is 15.0 Å². The molecule has 0 radical (unpaired) electrons. The van der Waals surface area contributed by atoms with Gasteiger partial charge in [0.1, 0.15) is 0 Å². The van der Waals surface area contributed by atoms with Gasteiger partial charge in [0.15, 0.2) is 0 Å². The lowest BCUT2D eigenvalue weighted by molar-refractivity contribution is 0.0902. The first-order chi connectivity index (χ1) is 10.4. The molecule has 1 unspecified atom stereocenters. The van der Waals surface area contributed by atoms with Gasteiger partial charge >= 0.3 is 0 Å². The number of hydrogen-bond donors (Lipinski definition) is 2. The number of amides is 1. The molecule has 1 heterocycles. The number of aromatic nitrogens is 2. The third kappa shape index (κ3) is 4.43. The van der Waals surface area contributed by atoms with Crippen LogP contribution < -0.4 is 5.32 Å². The zero-order valence-electron chi connectivity index (χ0n) is 13.3. The highest BCUT2D eigenvalue weighted by molar-refractivity contribution is 5.94. The predicted molar refractivity (Wildman–Crippen MR) is 86.0 cm³/mol. The Morgan fingerprint density at radius 3 is 2.59 bits per heavy atom. The molecule has 0 saturated heterocycles. The van der Waals surface area contributed by atoms with Crippen LogP contribution in [0.15, 0.2) is 43.0 Å². The van der Waals surface area contributed by atoms with E-state index in [-0.39, 0.29) is 17.4 Å². The Bertz CT molecular complexity index is 601. The van der Waals surface area contributed by atoms with Crippen LogP contribution in [0.25, 0.3) is 5.69 Å². The summed E-state index contributed by atoms with van der Waals surface area (Å²) in [5.74, 6) is -0.101. The molecule has 0 fully saturated rings. The number of aliphatic hydroxyl groups excluding tert-OH is 1. The molecule has 5 nitrogen and oxygen atoms in total. The fourth-order valence-electron chi connectivity index (χ4n) is 2.49. The van der Waals surface area contributed by atoms with E-state index >= 15 is 0 Å². The molecule has 118 valence electrons. The van der Waals surface area contributed by atoms with E-state index in [2.05, 4.69) is 10.3 Å². The second-order valence-electron chi connectivity index (χ2n) is 6.42. The zero-order valence-corrected chi connectivity index (χ0v) is 13.3. The van der Waals surface area contributed by atoms with Gasteiger partial charge in [-0.15, -0.1) is 0 Å². The van der Waals surface area contributed by atoms with Crippen molar-refractivity contribution >= 4 is 5.91 Å². The molecule has 2 aromatic rings. The number of nitrogens with zero attached hydrogens (tertiary/aromatic N) is 2. The Balaban J connectivity index is 1.96. The average Bonchev–Trinajstić information content (AvgIpc) is 2.98. The van der Waals surface area contributed by atoms with Crippen LogP contribution in [-0.4, -0.2) is 33.2 Å². The van der Waals surface area contributed by atoms with Crippen LogP contribution in [0.3, 0.4) is 0 Å². The van der Waals surface area contributed by atoms with Crippen LogP contribution in [0, 0.1) is 5.41 Å². The molecule has 1 aromatic heterocycles. The van der Waals surface area contributed by atoms with Crippen molar-refractivity contribution < 1.29 is 9.90 Å². The molecule has 0 aliphatic heterocycles. The Hall–Kier alpha value is -2.14. The first-order valence-electron chi connectivity index (χ1n) is 7.42. The Morgan fingerprint density at radius 2 is 2.05 bits per heavy atom. The maximum Gasteiger partial charge on any atom is 0.251 e. The molecule has 0 aliphatic carbocycles. The van der Waals surface area contributed by atoms with Crippen molar-refractivity contribution in [1.29, 1.82) is 0 Å². The minimum atomic E-state index is -0.374. The van der Waals surface area contributed by atoms with Crippen LogP contribution in [0.5, 0.6) is 0 Å². The number of carbonyl (C=O) groups excluding carboxylic acids is 1. The Labute approximate surface area is 131 Å². The average molecular weight is 301 g/mol. The monoisotopic (exact) mass is 301 g/mol. The lowest BCUT2D eigenvalue weighted by Crippen LogP contribution is -2.35. The molecule has 1 atom stereocenters. The normalized spacial score (nSPS) is 12.9. The van der Waals surface area contributed by atoms with Gasteiger partial charge in [-0.1, -0.05) is 13.8 Å². The van der Waals surface area contributed by atoms with Crippen molar-refractivity contribution in [3.63, 3.8) is 0 Å². The third-order valence-electron chi connectivity index (χ3n) is 3.51. The van der Waals surface area contributed by atoms with Gasteiger partial charge in [0.2, 0.25) is 0 Å². The maximum atomic E-state index is 12.2. The SMILES string of the molecule is CC(O)CC(C)(C)CNC(=O)c1ccc(-n2ccnc2)cc1. The predicted octanol–water partition coefficient (Wildman–Crippen LogP) is 2.40. The van der Waals surface area contributed by atoms with Crippen molar-refractivity contribution in [2.75, 3.05) is 6.54 Å². The summed E-state index contributed by atoms with van der Waals surface area (Å²) >= 11 is 0. The van der Waals surface area contributed by atoms with Crippen molar-refractivity contribution in [2.24, 2.45) is 5.41 Å². The summed E-state index contributed by atoms with van der Waals surface area (Å²) in [5.41, 5.74) is 1.45. The van der Waals surface area contributed by atoms with Crippen LogP contribution in [0.1, 0.15) is 37.6 Å². The molecule has 0 bridgehead atoms. The summed E-state index contributed by atoms with van der Waals surface area (Å²) in [6.07, 6.45) is 5.56. The van der Waals surface area contributed by atoms with Crippen LogP contribution in [0.4, 0.5) is 0 Å².